The fourth-order valence-corrected chi connectivity index (χ4v) is 3.79. The lowest BCUT2D eigenvalue weighted by atomic mass is 9.93. The Labute approximate surface area is 113 Å². The van der Waals surface area contributed by atoms with Crippen LogP contribution in [0.25, 0.3) is 0 Å². The maximum absolute atomic E-state index is 3.52. The average Bonchev–Trinajstić information content (AvgIpc) is 3.04. The largest absolute Gasteiger partial charge is 0.316 e. The lowest BCUT2D eigenvalue weighted by Crippen LogP contribution is -2.35. The first-order valence-electron chi connectivity index (χ1n) is 6.63. The zero-order valence-electron chi connectivity index (χ0n) is 10.7. The van der Waals surface area contributed by atoms with E-state index < -0.39 is 0 Å². The molecule has 18 heavy (non-hydrogen) atoms. The molecular formula is C16H19NS. The number of hydrogen-bond acceptors (Lipinski definition) is 2. The summed E-state index contributed by atoms with van der Waals surface area (Å²) in [6.07, 6.45) is 3.62. The van der Waals surface area contributed by atoms with E-state index in [4.69, 9.17) is 0 Å². The molecule has 0 aliphatic heterocycles. The van der Waals surface area contributed by atoms with Crippen LogP contribution >= 0.6 is 11.3 Å². The Kier molecular flexibility index (Phi) is 3.48. The monoisotopic (exact) mass is 257 g/mol. The van der Waals surface area contributed by atoms with Crippen molar-refractivity contribution in [2.75, 3.05) is 7.05 Å². The molecule has 1 atom stereocenters. The summed E-state index contributed by atoms with van der Waals surface area (Å²) < 4.78 is 0. The Hall–Kier alpha value is -1.12. The van der Waals surface area contributed by atoms with Crippen LogP contribution in [-0.4, -0.2) is 13.1 Å². The molecule has 0 bridgehead atoms. The topological polar surface area (TPSA) is 12.0 Å². The molecule has 1 aromatic heterocycles. The van der Waals surface area contributed by atoms with E-state index in [0.717, 1.165) is 12.3 Å². The predicted octanol–water partition coefficient (Wildman–Crippen LogP) is 3.29. The van der Waals surface area contributed by atoms with Crippen LogP contribution in [0.3, 0.4) is 0 Å². The van der Waals surface area contributed by atoms with Crippen LogP contribution in [0.15, 0.2) is 41.8 Å². The molecule has 0 amide bonds. The van der Waals surface area contributed by atoms with Crippen molar-refractivity contribution in [3.8, 4) is 0 Å². The van der Waals surface area contributed by atoms with E-state index in [-0.39, 0.29) is 0 Å². The first-order chi connectivity index (χ1) is 8.86. The van der Waals surface area contributed by atoms with Gasteiger partial charge < -0.3 is 5.32 Å². The summed E-state index contributed by atoms with van der Waals surface area (Å²) in [4.78, 5) is 1.49. The van der Waals surface area contributed by atoms with E-state index in [1.807, 2.05) is 11.3 Å². The highest BCUT2D eigenvalue weighted by molar-refractivity contribution is 7.09. The van der Waals surface area contributed by atoms with Gasteiger partial charge in [-0.2, -0.15) is 0 Å². The van der Waals surface area contributed by atoms with Gasteiger partial charge in [0.25, 0.3) is 0 Å². The first-order valence-corrected chi connectivity index (χ1v) is 7.51. The third-order valence-corrected chi connectivity index (χ3v) is 4.92. The summed E-state index contributed by atoms with van der Waals surface area (Å²) in [5.74, 6) is 0.745. The van der Waals surface area contributed by atoms with Gasteiger partial charge in [-0.05, 0) is 54.8 Å². The number of benzene rings is 1. The minimum atomic E-state index is 0.594. The molecule has 1 unspecified atom stereocenters. The van der Waals surface area contributed by atoms with Crippen LogP contribution in [-0.2, 0) is 19.3 Å². The van der Waals surface area contributed by atoms with E-state index >= 15 is 0 Å². The van der Waals surface area contributed by atoms with Crippen molar-refractivity contribution in [2.24, 2.45) is 5.92 Å². The summed E-state index contributed by atoms with van der Waals surface area (Å²) in [5.41, 5.74) is 3.10. The lowest BCUT2D eigenvalue weighted by Gasteiger charge is -2.22. The molecule has 0 saturated heterocycles. The van der Waals surface area contributed by atoms with E-state index in [1.165, 1.54) is 17.7 Å². The van der Waals surface area contributed by atoms with Crippen molar-refractivity contribution in [3.05, 3.63) is 57.8 Å². The number of rotatable bonds is 4. The Balaban J connectivity index is 1.71. The zero-order chi connectivity index (χ0) is 12.4. The van der Waals surface area contributed by atoms with Crippen molar-refractivity contribution in [1.29, 1.82) is 0 Å². The molecule has 1 aliphatic carbocycles. The van der Waals surface area contributed by atoms with Gasteiger partial charge in [0, 0.05) is 10.9 Å². The second kappa shape index (κ2) is 5.25. The summed E-state index contributed by atoms with van der Waals surface area (Å²) in [5, 5.41) is 5.70. The number of fused-ring (bicyclic) bond motifs is 1. The molecule has 1 nitrogen and oxygen atoms in total. The molecule has 0 spiro atoms. The lowest BCUT2D eigenvalue weighted by molar-refractivity contribution is 0.385. The quantitative estimate of drug-likeness (QED) is 0.886. The van der Waals surface area contributed by atoms with E-state index in [9.17, 15) is 0 Å². The maximum Gasteiger partial charge on any atom is 0.0147 e. The van der Waals surface area contributed by atoms with Crippen molar-refractivity contribution in [3.63, 3.8) is 0 Å². The predicted molar refractivity (Wildman–Crippen MR) is 78.2 cm³/mol. The molecule has 2 heteroatoms. The Morgan fingerprint density at radius 2 is 1.89 bits per heavy atom. The molecule has 3 rings (SSSR count). The molecule has 0 radical (unpaired) electrons. The van der Waals surface area contributed by atoms with Crippen LogP contribution in [0.2, 0.25) is 0 Å². The van der Waals surface area contributed by atoms with E-state index in [1.54, 1.807) is 11.1 Å². The summed E-state index contributed by atoms with van der Waals surface area (Å²) in [7, 11) is 2.10. The van der Waals surface area contributed by atoms with Gasteiger partial charge in [0.15, 0.2) is 0 Å². The Morgan fingerprint density at radius 1 is 1.17 bits per heavy atom. The molecule has 94 valence electrons. The standard InChI is InChI=1S/C16H19NS/c1-17-16(11-15-7-4-8-18-15)14-9-12-5-2-3-6-13(12)10-14/h2-8,14,16-17H,9-11H2,1H3. The number of likely N-dealkylation sites (N-methyl/N-ethyl adjacent to an activating group) is 1. The second-order valence-corrected chi connectivity index (χ2v) is 6.15. The fraction of sp³-hybridized carbons (Fsp3) is 0.375. The highest BCUT2D eigenvalue weighted by atomic mass is 32.1. The Morgan fingerprint density at radius 3 is 2.44 bits per heavy atom. The maximum atomic E-state index is 3.52. The van der Waals surface area contributed by atoms with Gasteiger partial charge in [-0.15, -0.1) is 11.3 Å². The van der Waals surface area contributed by atoms with Gasteiger partial charge in [0.2, 0.25) is 0 Å². The molecular weight excluding hydrogens is 238 g/mol. The van der Waals surface area contributed by atoms with Gasteiger partial charge in [-0.1, -0.05) is 30.3 Å². The minimum Gasteiger partial charge on any atom is -0.316 e. The van der Waals surface area contributed by atoms with E-state index in [2.05, 4.69) is 54.1 Å². The van der Waals surface area contributed by atoms with Crippen molar-refractivity contribution in [2.45, 2.75) is 25.3 Å². The smallest absolute Gasteiger partial charge is 0.0147 e. The van der Waals surface area contributed by atoms with Crippen molar-refractivity contribution in [1.82, 2.24) is 5.32 Å². The van der Waals surface area contributed by atoms with Gasteiger partial charge in [-0.3, -0.25) is 0 Å². The van der Waals surface area contributed by atoms with Crippen LogP contribution in [0.1, 0.15) is 16.0 Å². The van der Waals surface area contributed by atoms with Gasteiger partial charge in [0.1, 0.15) is 0 Å². The van der Waals surface area contributed by atoms with Gasteiger partial charge in [-0.25, -0.2) is 0 Å². The summed E-state index contributed by atoms with van der Waals surface area (Å²) >= 11 is 1.87. The summed E-state index contributed by atoms with van der Waals surface area (Å²) in [6.45, 7) is 0. The molecule has 0 saturated carbocycles. The molecule has 1 aliphatic rings. The first kappa shape index (κ1) is 11.9. The third-order valence-electron chi connectivity index (χ3n) is 4.02. The number of nitrogens with one attached hydrogen (secondary N) is 1. The van der Waals surface area contributed by atoms with Crippen LogP contribution < -0.4 is 5.32 Å². The van der Waals surface area contributed by atoms with Gasteiger partial charge in [0.05, 0.1) is 0 Å². The molecule has 1 N–H and O–H groups in total. The van der Waals surface area contributed by atoms with Gasteiger partial charge >= 0.3 is 0 Å². The normalized spacial score (nSPS) is 16.7. The summed E-state index contributed by atoms with van der Waals surface area (Å²) in [6, 6.07) is 13.9. The van der Waals surface area contributed by atoms with Crippen LogP contribution in [0.5, 0.6) is 0 Å². The van der Waals surface area contributed by atoms with Crippen molar-refractivity contribution < 1.29 is 0 Å². The second-order valence-electron chi connectivity index (χ2n) is 5.12. The molecule has 1 aromatic carbocycles. The van der Waals surface area contributed by atoms with Crippen LogP contribution in [0.4, 0.5) is 0 Å². The molecule has 2 aromatic rings. The number of thiophene rings is 1. The molecule has 1 heterocycles. The average molecular weight is 257 g/mol. The Bertz CT molecular complexity index is 476. The molecule has 0 fully saturated rings. The fourth-order valence-electron chi connectivity index (χ4n) is 3.03. The number of hydrogen-bond donors (Lipinski definition) is 1. The van der Waals surface area contributed by atoms with E-state index in [0.29, 0.717) is 6.04 Å². The van der Waals surface area contributed by atoms with Crippen molar-refractivity contribution >= 4 is 11.3 Å². The SMILES string of the molecule is CNC(Cc1cccs1)C1Cc2ccccc2C1. The zero-order valence-corrected chi connectivity index (χ0v) is 11.5. The highest BCUT2D eigenvalue weighted by Gasteiger charge is 2.27. The van der Waals surface area contributed by atoms with Crippen LogP contribution in [0, 0.1) is 5.92 Å². The third kappa shape index (κ3) is 2.36. The highest BCUT2D eigenvalue weighted by Crippen LogP contribution is 2.30. The minimum absolute atomic E-state index is 0.594.